The van der Waals surface area contributed by atoms with Crippen molar-refractivity contribution in [2.45, 2.75) is 37.8 Å². The number of hydrogen-bond donors (Lipinski definition) is 3. The molecule has 0 bridgehead atoms. The molecule has 3 rings (SSSR count). The average molecular weight is 508 g/mol. The number of piperidine rings is 1. The average Bonchev–Trinajstić information content (AvgIpc) is 2.92. The Bertz CT molecular complexity index is 1120. The summed E-state index contributed by atoms with van der Waals surface area (Å²) in [5.74, 6) is -0.320. The van der Waals surface area contributed by atoms with Gasteiger partial charge in [-0.1, -0.05) is 36.4 Å². The van der Waals surface area contributed by atoms with E-state index in [1.165, 1.54) is 20.3 Å². The number of carbonyl (C=O) groups is 4. The second kappa shape index (κ2) is 13.8. The van der Waals surface area contributed by atoms with Crippen molar-refractivity contribution < 1.29 is 28.7 Å². The van der Waals surface area contributed by atoms with Crippen molar-refractivity contribution in [3.63, 3.8) is 0 Å². The Kier molecular flexibility index (Phi) is 10.3. The molecule has 9 nitrogen and oxygen atoms in total. The molecule has 0 aromatic heterocycles. The van der Waals surface area contributed by atoms with Crippen LogP contribution in [0.4, 0.5) is 0 Å². The molecule has 1 aliphatic rings. The zero-order valence-electron chi connectivity index (χ0n) is 21.1. The molecule has 0 radical (unpaired) electrons. The maximum Gasteiger partial charge on any atom is 0.244 e. The highest BCUT2D eigenvalue weighted by Gasteiger charge is 2.28. The Morgan fingerprint density at radius 3 is 2.51 bits per heavy atom. The molecule has 0 saturated carbocycles. The molecule has 2 aromatic carbocycles. The van der Waals surface area contributed by atoms with Crippen LogP contribution in [0.2, 0.25) is 0 Å². The molecular formula is C28H33N3O6. The molecule has 37 heavy (non-hydrogen) atoms. The molecule has 3 amide bonds. The first-order valence-corrected chi connectivity index (χ1v) is 12.2. The van der Waals surface area contributed by atoms with Crippen LogP contribution in [0.1, 0.15) is 30.4 Å². The summed E-state index contributed by atoms with van der Waals surface area (Å²) >= 11 is 0. The fourth-order valence-corrected chi connectivity index (χ4v) is 4.21. The normalized spacial score (nSPS) is 16.8. The Labute approximate surface area is 216 Å². The van der Waals surface area contributed by atoms with E-state index in [4.69, 9.17) is 9.47 Å². The van der Waals surface area contributed by atoms with E-state index in [0.717, 1.165) is 12.0 Å². The monoisotopic (exact) mass is 507 g/mol. The van der Waals surface area contributed by atoms with Crippen molar-refractivity contribution >= 4 is 30.1 Å². The van der Waals surface area contributed by atoms with Gasteiger partial charge in [0.2, 0.25) is 17.7 Å². The molecule has 1 aliphatic heterocycles. The second-order valence-electron chi connectivity index (χ2n) is 8.82. The van der Waals surface area contributed by atoms with Crippen molar-refractivity contribution in [3.05, 3.63) is 65.7 Å². The van der Waals surface area contributed by atoms with Gasteiger partial charge in [-0.3, -0.25) is 14.4 Å². The number of carbonyl (C=O) groups excluding carboxylic acids is 4. The second-order valence-corrected chi connectivity index (χ2v) is 8.82. The van der Waals surface area contributed by atoms with Crippen LogP contribution >= 0.6 is 0 Å². The molecular weight excluding hydrogens is 474 g/mol. The topological polar surface area (TPSA) is 123 Å². The van der Waals surface area contributed by atoms with Crippen LogP contribution < -0.4 is 25.4 Å². The molecule has 1 fully saturated rings. The van der Waals surface area contributed by atoms with Crippen LogP contribution in [0, 0.1) is 5.92 Å². The van der Waals surface area contributed by atoms with Gasteiger partial charge >= 0.3 is 0 Å². The van der Waals surface area contributed by atoms with Gasteiger partial charge in [0.15, 0.2) is 11.5 Å². The fourth-order valence-electron chi connectivity index (χ4n) is 4.21. The van der Waals surface area contributed by atoms with Crippen LogP contribution in [0.3, 0.4) is 0 Å². The lowest BCUT2D eigenvalue weighted by atomic mass is 9.92. The van der Waals surface area contributed by atoms with E-state index in [-0.39, 0.29) is 24.7 Å². The van der Waals surface area contributed by atoms with Gasteiger partial charge in [0, 0.05) is 25.0 Å². The van der Waals surface area contributed by atoms with Crippen LogP contribution in [0.5, 0.6) is 11.5 Å². The summed E-state index contributed by atoms with van der Waals surface area (Å²) in [4.78, 5) is 49.7. The zero-order valence-corrected chi connectivity index (χ0v) is 21.1. The van der Waals surface area contributed by atoms with Gasteiger partial charge in [-0.25, -0.2) is 0 Å². The molecule has 0 aliphatic carbocycles. The van der Waals surface area contributed by atoms with E-state index < -0.39 is 23.9 Å². The summed E-state index contributed by atoms with van der Waals surface area (Å²) in [5, 5.41) is 8.24. The molecule has 1 heterocycles. The van der Waals surface area contributed by atoms with E-state index in [2.05, 4.69) is 16.0 Å². The van der Waals surface area contributed by atoms with E-state index in [1.54, 1.807) is 24.3 Å². The predicted molar refractivity (Wildman–Crippen MR) is 139 cm³/mol. The van der Waals surface area contributed by atoms with E-state index in [1.807, 2.05) is 30.3 Å². The lowest BCUT2D eigenvalue weighted by Crippen LogP contribution is -2.51. The SMILES string of the molecule is COc1ccc(/C=C/C(=O)N[C@@H](Cc2ccccc2)C(=O)N[C@H](C=O)CC2CCCNC2=O)cc1OC. The number of ether oxygens (including phenoxy) is 2. The van der Waals surface area contributed by atoms with Gasteiger partial charge in [-0.15, -0.1) is 0 Å². The smallest absolute Gasteiger partial charge is 0.244 e. The maximum atomic E-state index is 13.2. The summed E-state index contributed by atoms with van der Waals surface area (Å²) in [6.45, 7) is 0.620. The maximum absolute atomic E-state index is 13.2. The van der Waals surface area contributed by atoms with Crippen LogP contribution in [0.25, 0.3) is 6.08 Å². The molecule has 1 saturated heterocycles. The van der Waals surface area contributed by atoms with Crippen molar-refractivity contribution in [3.8, 4) is 11.5 Å². The number of benzene rings is 2. The van der Waals surface area contributed by atoms with Crippen molar-refractivity contribution in [1.29, 1.82) is 0 Å². The fraction of sp³-hybridized carbons (Fsp3) is 0.357. The van der Waals surface area contributed by atoms with Gasteiger partial charge < -0.3 is 30.2 Å². The van der Waals surface area contributed by atoms with Crippen LogP contribution in [0.15, 0.2) is 54.6 Å². The van der Waals surface area contributed by atoms with Gasteiger partial charge in [0.1, 0.15) is 12.3 Å². The molecule has 2 aromatic rings. The highest BCUT2D eigenvalue weighted by Crippen LogP contribution is 2.28. The number of rotatable bonds is 12. The first-order valence-electron chi connectivity index (χ1n) is 12.2. The number of aldehydes is 1. The summed E-state index contributed by atoms with van der Waals surface area (Å²) in [7, 11) is 3.07. The minimum atomic E-state index is -0.924. The molecule has 9 heteroatoms. The number of amides is 3. The molecule has 3 N–H and O–H groups in total. The van der Waals surface area contributed by atoms with Crippen molar-refractivity contribution in [2.24, 2.45) is 5.92 Å². The summed E-state index contributed by atoms with van der Waals surface area (Å²) in [5.41, 5.74) is 1.56. The van der Waals surface area contributed by atoms with E-state index >= 15 is 0 Å². The zero-order chi connectivity index (χ0) is 26.6. The third kappa shape index (κ3) is 8.20. The molecule has 1 unspecified atom stereocenters. The minimum absolute atomic E-state index is 0.109. The van der Waals surface area contributed by atoms with Gasteiger partial charge in [0.05, 0.1) is 20.3 Å². The quantitative estimate of drug-likeness (QED) is 0.299. The number of methoxy groups -OCH3 is 2. The van der Waals surface area contributed by atoms with Gasteiger partial charge in [-0.05, 0) is 48.6 Å². The largest absolute Gasteiger partial charge is 0.493 e. The highest BCUT2D eigenvalue weighted by molar-refractivity contribution is 5.96. The Morgan fingerprint density at radius 1 is 1.08 bits per heavy atom. The molecule has 0 spiro atoms. The Balaban J connectivity index is 1.70. The molecule has 196 valence electrons. The summed E-state index contributed by atoms with van der Waals surface area (Å²) in [6.07, 6.45) is 5.51. The van der Waals surface area contributed by atoms with Gasteiger partial charge in [-0.2, -0.15) is 0 Å². The summed E-state index contributed by atoms with van der Waals surface area (Å²) in [6, 6.07) is 12.7. The number of hydrogen-bond acceptors (Lipinski definition) is 6. The van der Waals surface area contributed by atoms with E-state index in [0.29, 0.717) is 36.3 Å². The van der Waals surface area contributed by atoms with Gasteiger partial charge in [0.25, 0.3) is 0 Å². The summed E-state index contributed by atoms with van der Waals surface area (Å²) < 4.78 is 10.5. The third-order valence-electron chi connectivity index (χ3n) is 6.18. The first kappa shape index (κ1) is 27.4. The van der Waals surface area contributed by atoms with Crippen LogP contribution in [-0.2, 0) is 25.6 Å². The van der Waals surface area contributed by atoms with Crippen LogP contribution in [-0.4, -0.2) is 56.9 Å². The first-order chi connectivity index (χ1) is 17.9. The highest BCUT2D eigenvalue weighted by atomic mass is 16.5. The van der Waals surface area contributed by atoms with Crippen molar-refractivity contribution in [2.75, 3.05) is 20.8 Å². The lowest BCUT2D eigenvalue weighted by Gasteiger charge is -2.25. The Morgan fingerprint density at radius 2 is 1.84 bits per heavy atom. The minimum Gasteiger partial charge on any atom is -0.493 e. The number of nitrogens with one attached hydrogen (secondary N) is 3. The predicted octanol–water partition coefficient (Wildman–Crippen LogP) is 2.04. The van der Waals surface area contributed by atoms with Crippen molar-refractivity contribution in [1.82, 2.24) is 16.0 Å². The standard InChI is InChI=1S/C28H33N3O6/c1-36-24-12-10-20(16-25(24)37-2)11-13-26(33)31-23(15-19-7-4-3-5-8-19)28(35)30-22(18-32)17-21-9-6-14-29-27(21)34/h3-5,7-8,10-13,16,18,21-23H,6,9,14-15,17H2,1-2H3,(H,29,34)(H,30,35)(H,31,33)/b13-11+/t21?,22-,23-/m0/s1. The van der Waals surface area contributed by atoms with E-state index in [9.17, 15) is 19.2 Å². The molecule has 3 atom stereocenters. The Hall–Kier alpha value is -4.14. The third-order valence-corrected chi connectivity index (χ3v) is 6.18. The lowest BCUT2D eigenvalue weighted by molar-refractivity contribution is -0.130.